The molecule has 0 saturated carbocycles. The zero-order valence-corrected chi connectivity index (χ0v) is 14.7. The van der Waals surface area contributed by atoms with E-state index in [1.165, 1.54) is 7.11 Å². The molecule has 0 fully saturated rings. The Labute approximate surface area is 152 Å². The number of benzene rings is 3. The predicted octanol–water partition coefficient (Wildman–Crippen LogP) is 4.70. The predicted molar refractivity (Wildman–Crippen MR) is 102 cm³/mol. The fourth-order valence-electron chi connectivity index (χ4n) is 2.74. The van der Waals surface area contributed by atoms with Gasteiger partial charge in [0.15, 0.2) is 0 Å². The normalized spacial score (nSPS) is 10.2. The van der Waals surface area contributed by atoms with Gasteiger partial charge in [0, 0.05) is 11.3 Å². The van der Waals surface area contributed by atoms with Crippen LogP contribution in [-0.2, 0) is 4.74 Å². The lowest BCUT2D eigenvalue weighted by Crippen LogP contribution is -2.14. The number of amides is 1. The lowest BCUT2D eigenvalue weighted by Gasteiger charge is -2.11. The summed E-state index contributed by atoms with van der Waals surface area (Å²) in [6.45, 7) is 1.78. The van der Waals surface area contributed by atoms with Gasteiger partial charge >= 0.3 is 5.97 Å². The van der Waals surface area contributed by atoms with Crippen LogP contribution in [0.25, 0.3) is 11.1 Å². The van der Waals surface area contributed by atoms with Crippen molar-refractivity contribution in [3.05, 3.63) is 89.5 Å². The second kappa shape index (κ2) is 7.66. The van der Waals surface area contributed by atoms with Crippen molar-refractivity contribution in [2.24, 2.45) is 0 Å². The van der Waals surface area contributed by atoms with E-state index < -0.39 is 5.97 Å². The Balaban J connectivity index is 1.80. The van der Waals surface area contributed by atoms with E-state index in [9.17, 15) is 9.59 Å². The molecule has 26 heavy (non-hydrogen) atoms. The van der Waals surface area contributed by atoms with Crippen LogP contribution in [0.1, 0.15) is 26.3 Å². The molecule has 3 aromatic rings. The van der Waals surface area contributed by atoms with Gasteiger partial charge in [0.25, 0.3) is 5.91 Å². The molecule has 0 radical (unpaired) electrons. The molecule has 0 aromatic heterocycles. The number of rotatable bonds is 4. The minimum Gasteiger partial charge on any atom is -0.465 e. The number of nitrogens with one attached hydrogen (secondary N) is 1. The van der Waals surface area contributed by atoms with Crippen LogP contribution in [-0.4, -0.2) is 19.0 Å². The molecule has 1 amide bonds. The molecule has 1 N–H and O–H groups in total. The summed E-state index contributed by atoms with van der Waals surface area (Å²) < 4.78 is 4.77. The average molecular weight is 345 g/mol. The molecular formula is C22H19NO3. The molecule has 0 aliphatic heterocycles. The summed E-state index contributed by atoms with van der Waals surface area (Å²) in [5.74, 6) is -0.652. The molecule has 0 saturated heterocycles. The van der Waals surface area contributed by atoms with Gasteiger partial charge in [-0.2, -0.15) is 0 Å². The number of anilines is 1. The van der Waals surface area contributed by atoms with Crippen LogP contribution in [0.15, 0.2) is 72.8 Å². The molecule has 130 valence electrons. The number of methoxy groups -OCH3 is 1. The highest BCUT2D eigenvalue weighted by Gasteiger charge is 2.14. The van der Waals surface area contributed by atoms with Crippen molar-refractivity contribution in [1.29, 1.82) is 0 Å². The number of hydrogen-bond acceptors (Lipinski definition) is 3. The fraction of sp³-hybridized carbons (Fsp3) is 0.0909. The first kappa shape index (κ1) is 17.4. The Kier molecular flexibility index (Phi) is 5.13. The first-order chi connectivity index (χ1) is 12.6. The summed E-state index contributed by atoms with van der Waals surface area (Å²) in [6.07, 6.45) is 0. The molecule has 3 aromatic carbocycles. The smallest absolute Gasteiger partial charge is 0.338 e. The summed E-state index contributed by atoms with van der Waals surface area (Å²) in [5.41, 5.74) is 4.39. The van der Waals surface area contributed by atoms with E-state index in [-0.39, 0.29) is 5.91 Å². The summed E-state index contributed by atoms with van der Waals surface area (Å²) >= 11 is 0. The molecule has 0 heterocycles. The van der Waals surface area contributed by atoms with E-state index in [2.05, 4.69) is 5.32 Å². The first-order valence-corrected chi connectivity index (χ1v) is 8.25. The third-order valence-electron chi connectivity index (χ3n) is 4.24. The maximum atomic E-state index is 12.5. The van der Waals surface area contributed by atoms with Crippen molar-refractivity contribution in [2.75, 3.05) is 12.4 Å². The molecule has 4 heteroatoms. The Morgan fingerprint density at radius 3 is 2.12 bits per heavy atom. The summed E-state index contributed by atoms with van der Waals surface area (Å²) in [7, 11) is 1.33. The van der Waals surface area contributed by atoms with Gasteiger partial charge in [-0.05, 0) is 47.9 Å². The number of ether oxygens (including phenoxy) is 1. The maximum absolute atomic E-state index is 12.5. The van der Waals surface area contributed by atoms with E-state index in [0.717, 1.165) is 11.1 Å². The molecule has 0 spiro atoms. The van der Waals surface area contributed by atoms with Crippen LogP contribution in [0.2, 0.25) is 0 Å². The van der Waals surface area contributed by atoms with Crippen LogP contribution >= 0.6 is 0 Å². The van der Waals surface area contributed by atoms with Crippen molar-refractivity contribution < 1.29 is 14.3 Å². The van der Waals surface area contributed by atoms with E-state index in [0.29, 0.717) is 22.4 Å². The van der Waals surface area contributed by atoms with Crippen LogP contribution in [0.5, 0.6) is 0 Å². The van der Waals surface area contributed by atoms with E-state index >= 15 is 0 Å². The van der Waals surface area contributed by atoms with E-state index in [1.807, 2.05) is 42.5 Å². The van der Waals surface area contributed by atoms with Crippen molar-refractivity contribution in [1.82, 2.24) is 0 Å². The third-order valence-corrected chi connectivity index (χ3v) is 4.24. The highest BCUT2D eigenvalue weighted by molar-refractivity contribution is 6.05. The molecular weight excluding hydrogens is 326 g/mol. The zero-order valence-electron chi connectivity index (χ0n) is 14.7. The number of esters is 1. The summed E-state index contributed by atoms with van der Waals surface area (Å²) in [6, 6.07) is 22.5. The van der Waals surface area contributed by atoms with Crippen LogP contribution < -0.4 is 5.32 Å². The minimum atomic E-state index is -0.425. The fourth-order valence-corrected chi connectivity index (χ4v) is 2.74. The second-order valence-corrected chi connectivity index (χ2v) is 5.87. The van der Waals surface area contributed by atoms with Gasteiger partial charge < -0.3 is 10.1 Å². The first-order valence-electron chi connectivity index (χ1n) is 8.25. The van der Waals surface area contributed by atoms with Gasteiger partial charge in [-0.3, -0.25) is 4.79 Å². The van der Waals surface area contributed by atoms with E-state index in [4.69, 9.17) is 4.74 Å². The second-order valence-electron chi connectivity index (χ2n) is 5.87. The van der Waals surface area contributed by atoms with Gasteiger partial charge in [0.2, 0.25) is 0 Å². The number of hydrogen-bond donors (Lipinski definition) is 1. The lowest BCUT2D eigenvalue weighted by molar-refractivity contribution is 0.0599. The van der Waals surface area contributed by atoms with Crippen molar-refractivity contribution in [3.8, 4) is 11.1 Å². The average Bonchev–Trinajstić information content (AvgIpc) is 2.69. The monoisotopic (exact) mass is 345 g/mol. The van der Waals surface area contributed by atoms with Gasteiger partial charge in [-0.1, -0.05) is 48.5 Å². The SMILES string of the molecule is COC(=O)c1cccc(NC(=O)c2ccc(-c3ccccc3)cc2)c1C. The molecule has 3 rings (SSSR count). The van der Waals surface area contributed by atoms with Gasteiger partial charge in [-0.25, -0.2) is 4.79 Å². The third kappa shape index (κ3) is 3.64. The van der Waals surface area contributed by atoms with Gasteiger partial charge in [-0.15, -0.1) is 0 Å². The minimum absolute atomic E-state index is 0.227. The highest BCUT2D eigenvalue weighted by atomic mass is 16.5. The number of carbonyl (C=O) groups is 2. The van der Waals surface area contributed by atoms with E-state index in [1.54, 1.807) is 37.3 Å². The summed E-state index contributed by atoms with van der Waals surface area (Å²) in [5, 5.41) is 2.86. The Hall–Kier alpha value is -3.40. The lowest BCUT2D eigenvalue weighted by atomic mass is 10.0. The number of carbonyl (C=O) groups excluding carboxylic acids is 2. The van der Waals surface area contributed by atoms with Crippen LogP contribution in [0.4, 0.5) is 5.69 Å². The van der Waals surface area contributed by atoms with Gasteiger partial charge in [0.05, 0.1) is 12.7 Å². The van der Waals surface area contributed by atoms with Crippen molar-refractivity contribution in [3.63, 3.8) is 0 Å². The molecule has 4 nitrogen and oxygen atoms in total. The zero-order chi connectivity index (χ0) is 18.5. The van der Waals surface area contributed by atoms with Crippen molar-refractivity contribution in [2.45, 2.75) is 6.92 Å². The van der Waals surface area contributed by atoms with Crippen LogP contribution in [0.3, 0.4) is 0 Å². The highest BCUT2D eigenvalue weighted by Crippen LogP contribution is 2.22. The molecule has 0 aliphatic rings. The molecule has 0 unspecified atom stereocenters. The maximum Gasteiger partial charge on any atom is 0.338 e. The Morgan fingerprint density at radius 2 is 1.46 bits per heavy atom. The quantitative estimate of drug-likeness (QED) is 0.697. The summed E-state index contributed by atoms with van der Waals surface area (Å²) in [4.78, 5) is 24.3. The Morgan fingerprint density at radius 1 is 0.808 bits per heavy atom. The van der Waals surface area contributed by atoms with Crippen molar-refractivity contribution >= 4 is 17.6 Å². The topological polar surface area (TPSA) is 55.4 Å². The molecule has 0 atom stereocenters. The van der Waals surface area contributed by atoms with Crippen LogP contribution in [0, 0.1) is 6.92 Å². The standard InChI is InChI=1S/C22H19NO3/c1-15-19(22(25)26-2)9-6-10-20(15)23-21(24)18-13-11-17(12-14-18)16-7-4-3-5-8-16/h3-14H,1-2H3,(H,23,24). The molecule has 0 aliphatic carbocycles. The molecule has 0 bridgehead atoms. The largest absolute Gasteiger partial charge is 0.465 e. The van der Waals surface area contributed by atoms with Gasteiger partial charge in [0.1, 0.15) is 0 Å². The Bertz CT molecular complexity index is 931.